The summed E-state index contributed by atoms with van der Waals surface area (Å²) in [7, 11) is 0. The van der Waals surface area contributed by atoms with E-state index < -0.39 is 35.8 Å². The van der Waals surface area contributed by atoms with Gasteiger partial charge in [0.25, 0.3) is 12.3 Å². The van der Waals surface area contributed by atoms with E-state index in [0.717, 1.165) is 34.9 Å². The van der Waals surface area contributed by atoms with Crippen LogP contribution in [0.3, 0.4) is 0 Å². The van der Waals surface area contributed by atoms with Crippen molar-refractivity contribution in [2.24, 2.45) is 5.73 Å². The largest absolute Gasteiger partial charge is 0.435 e. The number of anilines is 1. The summed E-state index contributed by atoms with van der Waals surface area (Å²) in [5.74, 6) is -1.45. The molecule has 1 aliphatic rings. The van der Waals surface area contributed by atoms with Gasteiger partial charge in [-0.25, -0.2) is 13.8 Å². The lowest BCUT2D eigenvalue weighted by Gasteiger charge is -2.10. The minimum atomic E-state index is -4.60. The topological polar surface area (TPSA) is 103 Å². The predicted octanol–water partition coefficient (Wildman–Crippen LogP) is 4.76. The molecule has 3 aromatic rings. The maximum atomic E-state index is 13.3. The molecule has 4 rings (SSSR count). The molecule has 3 N–H and O–H groups in total. The summed E-state index contributed by atoms with van der Waals surface area (Å²) >= 11 is 0.812. The van der Waals surface area contributed by atoms with Gasteiger partial charge in [0.1, 0.15) is 15.4 Å². The summed E-state index contributed by atoms with van der Waals surface area (Å²) in [5.41, 5.74) is 4.85. The molecule has 13 heteroatoms. The fraction of sp³-hybridized carbons (Fsp3) is 0.400. The molecule has 0 aromatic carbocycles. The van der Waals surface area contributed by atoms with E-state index in [-0.39, 0.29) is 40.0 Å². The van der Waals surface area contributed by atoms with E-state index in [1.807, 2.05) is 0 Å². The number of nitrogens with zero attached hydrogens (tertiary/aromatic N) is 3. The van der Waals surface area contributed by atoms with Crippen molar-refractivity contribution >= 4 is 39.1 Å². The number of halogens is 5. The van der Waals surface area contributed by atoms with Gasteiger partial charge >= 0.3 is 6.18 Å². The third-order valence-electron chi connectivity index (χ3n) is 5.26. The number of fused-ring (bicyclic) bond motifs is 1. The first-order valence-corrected chi connectivity index (χ1v) is 10.7. The number of carbonyl (C=O) groups is 2. The minimum absolute atomic E-state index is 0.00601. The van der Waals surface area contributed by atoms with Crippen molar-refractivity contribution in [2.75, 3.05) is 5.32 Å². The Morgan fingerprint density at radius 2 is 2.00 bits per heavy atom. The van der Waals surface area contributed by atoms with Crippen LogP contribution in [0.5, 0.6) is 0 Å². The van der Waals surface area contributed by atoms with Gasteiger partial charge in [-0.1, -0.05) is 0 Å². The molecule has 0 unspecified atom stereocenters. The van der Waals surface area contributed by atoms with Gasteiger partial charge in [0.15, 0.2) is 5.69 Å². The summed E-state index contributed by atoms with van der Waals surface area (Å²) in [5, 5.41) is 6.46. The maximum Gasteiger partial charge on any atom is 0.435 e. The molecule has 3 aromatic heterocycles. The van der Waals surface area contributed by atoms with Crippen LogP contribution in [0.4, 0.5) is 27.6 Å². The van der Waals surface area contributed by atoms with Gasteiger partial charge in [-0.3, -0.25) is 14.3 Å². The van der Waals surface area contributed by atoms with E-state index >= 15 is 0 Å². The summed E-state index contributed by atoms with van der Waals surface area (Å²) in [6, 6.07) is 2.16. The van der Waals surface area contributed by atoms with Crippen LogP contribution in [0.1, 0.15) is 63.9 Å². The van der Waals surface area contributed by atoms with E-state index in [1.54, 1.807) is 0 Å². The first kappa shape index (κ1) is 23.1. The fourth-order valence-electron chi connectivity index (χ4n) is 3.55. The van der Waals surface area contributed by atoms with Crippen LogP contribution in [0.25, 0.3) is 10.2 Å². The average Bonchev–Trinajstić information content (AvgIpc) is 3.40. The van der Waals surface area contributed by atoms with Gasteiger partial charge in [0, 0.05) is 24.0 Å². The predicted molar refractivity (Wildman–Crippen MR) is 110 cm³/mol. The third kappa shape index (κ3) is 4.68. The number of alkyl halides is 5. The Kier molecular flexibility index (Phi) is 5.85. The highest BCUT2D eigenvalue weighted by Gasteiger charge is 2.35. The van der Waals surface area contributed by atoms with Crippen LogP contribution in [0.15, 0.2) is 12.1 Å². The molecule has 0 atom stereocenters. The van der Waals surface area contributed by atoms with Crippen molar-refractivity contribution in [1.29, 1.82) is 0 Å². The Bertz CT molecular complexity index is 1250. The second-order valence-electron chi connectivity index (χ2n) is 7.75. The van der Waals surface area contributed by atoms with Crippen LogP contribution in [-0.2, 0) is 17.5 Å². The molecule has 176 valence electrons. The van der Waals surface area contributed by atoms with Gasteiger partial charge in [0.05, 0.1) is 5.69 Å². The van der Waals surface area contributed by atoms with Crippen LogP contribution in [0.2, 0.25) is 0 Å². The highest BCUT2D eigenvalue weighted by atomic mass is 32.1. The normalized spacial score (nSPS) is 14.3. The molecule has 2 amide bonds. The average molecular weight is 487 g/mol. The first-order valence-electron chi connectivity index (χ1n) is 9.92. The molecular formula is C20H18F5N5O2S. The molecule has 1 saturated carbocycles. The molecule has 0 radical (unpaired) electrons. The van der Waals surface area contributed by atoms with Gasteiger partial charge in [-0.2, -0.15) is 18.3 Å². The molecule has 33 heavy (non-hydrogen) atoms. The van der Waals surface area contributed by atoms with E-state index in [1.165, 1.54) is 13.0 Å². The Labute approximate surface area is 187 Å². The second-order valence-corrected chi connectivity index (χ2v) is 8.75. The summed E-state index contributed by atoms with van der Waals surface area (Å²) in [6.07, 6.45) is -6.10. The third-order valence-corrected chi connectivity index (χ3v) is 6.36. The lowest BCUT2D eigenvalue weighted by atomic mass is 10.0. The zero-order valence-electron chi connectivity index (χ0n) is 17.2. The van der Waals surface area contributed by atoms with Crippen molar-refractivity contribution in [3.63, 3.8) is 0 Å². The number of hydrogen-bond donors (Lipinski definition) is 2. The molecule has 3 heterocycles. The number of pyridine rings is 1. The van der Waals surface area contributed by atoms with Crippen molar-refractivity contribution in [2.45, 2.75) is 51.3 Å². The summed E-state index contributed by atoms with van der Waals surface area (Å²) in [4.78, 5) is 28.7. The monoisotopic (exact) mass is 487 g/mol. The Hall–Kier alpha value is -3.09. The number of nitrogens with one attached hydrogen (secondary N) is 1. The SMILES string of the molecule is Cc1cc(C(F)(F)F)nn1CCC(=O)Nc1c(C(N)=O)sc2nc(C(F)F)cc(C3CC3)c12. The van der Waals surface area contributed by atoms with Gasteiger partial charge in [0.2, 0.25) is 5.91 Å². The lowest BCUT2D eigenvalue weighted by Crippen LogP contribution is -2.19. The molecule has 0 saturated heterocycles. The first-order chi connectivity index (χ1) is 15.5. The number of aryl methyl sites for hydroxylation is 2. The van der Waals surface area contributed by atoms with Gasteiger partial charge < -0.3 is 11.1 Å². The molecule has 0 spiro atoms. The highest BCUT2D eigenvalue weighted by Crippen LogP contribution is 2.48. The smallest absolute Gasteiger partial charge is 0.365 e. The summed E-state index contributed by atoms with van der Waals surface area (Å²) < 4.78 is 66.2. The molecule has 7 nitrogen and oxygen atoms in total. The van der Waals surface area contributed by atoms with E-state index in [4.69, 9.17) is 5.73 Å². The lowest BCUT2D eigenvalue weighted by molar-refractivity contribution is -0.141. The molecule has 0 aliphatic heterocycles. The highest BCUT2D eigenvalue weighted by molar-refractivity contribution is 7.21. The number of hydrogen-bond acceptors (Lipinski definition) is 5. The van der Waals surface area contributed by atoms with Gasteiger partial charge in [-0.05, 0) is 43.4 Å². The summed E-state index contributed by atoms with van der Waals surface area (Å²) in [6.45, 7) is 1.30. The van der Waals surface area contributed by atoms with Crippen LogP contribution in [0, 0.1) is 6.92 Å². The Morgan fingerprint density at radius 1 is 1.30 bits per heavy atom. The van der Waals surface area contributed by atoms with Crippen LogP contribution >= 0.6 is 11.3 Å². The maximum absolute atomic E-state index is 13.3. The van der Waals surface area contributed by atoms with Crippen LogP contribution < -0.4 is 11.1 Å². The minimum Gasteiger partial charge on any atom is -0.365 e. The molecule has 1 fully saturated rings. The zero-order chi connectivity index (χ0) is 24.1. The standard InChI is InChI=1S/C20H18F5N5O2S/c1-8-6-12(20(23,24)25)29-30(8)5-4-13(31)28-15-14-10(9-2-3-9)7-11(17(21)22)27-19(14)33-16(15)18(26)32/h6-7,9,17H,2-5H2,1H3,(H2,26,32)(H,28,31). The number of aromatic nitrogens is 3. The van der Waals surface area contributed by atoms with E-state index in [9.17, 15) is 31.5 Å². The van der Waals surface area contributed by atoms with Crippen LogP contribution in [-0.4, -0.2) is 26.6 Å². The van der Waals surface area contributed by atoms with Crippen molar-refractivity contribution in [3.8, 4) is 0 Å². The number of carbonyl (C=O) groups excluding carboxylic acids is 2. The van der Waals surface area contributed by atoms with Crippen molar-refractivity contribution in [3.05, 3.63) is 39.7 Å². The number of thiophene rings is 1. The number of rotatable bonds is 7. The molecule has 0 bridgehead atoms. The Morgan fingerprint density at radius 3 is 2.55 bits per heavy atom. The molecular weight excluding hydrogens is 469 g/mol. The van der Waals surface area contributed by atoms with Gasteiger partial charge in [-0.15, -0.1) is 11.3 Å². The Balaban J connectivity index is 1.63. The van der Waals surface area contributed by atoms with E-state index in [0.29, 0.717) is 10.9 Å². The van der Waals surface area contributed by atoms with Crippen molar-refractivity contribution < 1.29 is 31.5 Å². The molecule has 1 aliphatic carbocycles. The number of nitrogens with two attached hydrogens (primary N) is 1. The van der Waals surface area contributed by atoms with E-state index in [2.05, 4.69) is 15.4 Å². The van der Waals surface area contributed by atoms with Crippen molar-refractivity contribution in [1.82, 2.24) is 14.8 Å². The number of primary amides is 1. The zero-order valence-corrected chi connectivity index (χ0v) is 18.0. The fourth-order valence-corrected chi connectivity index (χ4v) is 4.57. The number of amides is 2. The second kappa shape index (κ2) is 8.36. The quantitative estimate of drug-likeness (QED) is 0.469.